The maximum Gasteiger partial charge on any atom is 0.396 e. The smallest absolute Gasteiger partial charge is 0.396 e. The number of anilines is 1. The van der Waals surface area contributed by atoms with Crippen LogP contribution >= 0.6 is 22.9 Å². The van der Waals surface area contributed by atoms with Crippen LogP contribution in [0.25, 0.3) is 10.3 Å². The second kappa shape index (κ2) is 5.89. The van der Waals surface area contributed by atoms with Crippen molar-refractivity contribution < 1.29 is 17.8 Å². The van der Waals surface area contributed by atoms with Gasteiger partial charge in [0.05, 0.1) is 20.2 Å². The Morgan fingerprint density at radius 1 is 1.21 bits per heavy atom. The Bertz CT molecular complexity index is 1120. The molecular formula is C13H7ClN2O6S2. The molecule has 1 heterocycles. The summed E-state index contributed by atoms with van der Waals surface area (Å²) in [6.45, 7) is 0. The van der Waals surface area contributed by atoms with Crippen molar-refractivity contribution >= 4 is 54.6 Å². The minimum Gasteiger partial charge on any atom is -0.414 e. The Kier molecular flexibility index (Phi) is 4.03. The average molecular weight is 387 g/mol. The minimum atomic E-state index is -4.07. The number of sulfonamides is 1. The molecule has 0 atom stereocenters. The zero-order chi connectivity index (χ0) is 17.5. The molecule has 0 amide bonds. The summed E-state index contributed by atoms with van der Waals surface area (Å²) in [5.41, 5.74) is 0.0234. The topological polar surface area (TPSA) is 120 Å². The highest BCUT2D eigenvalue weighted by Crippen LogP contribution is 2.29. The lowest BCUT2D eigenvalue weighted by Gasteiger charge is -2.08. The zero-order valence-corrected chi connectivity index (χ0v) is 13.9. The van der Waals surface area contributed by atoms with Crippen molar-refractivity contribution in [1.29, 1.82) is 0 Å². The normalized spacial score (nSPS) is 11.5. The van der Waals surface area contributed by atoms with E-state index in [1.807, 2.05) is 0 Å². The van der Waals surface area contributed by atoms with Crippen LogP contribution < -0.4 is 9.66 Å². The molecule has 0 unspecified atom stereocenters. The van der Waals surface area contributed by atoms with Crippen LogP contribution in [-0.2, 0) is 10.0 Å². The van der Waals surface area contributed by atoms with E-state index in [9.17, 15) is 23.3 Å². The third-order valence-corrected chi connectivity index (χ3v) is 5.49. The number of benzene rings is 2. The van der Waals surface area contributed by atoms with Gasteiger partial charge in [0, 0.05) is 6.07 Å². The maximum atomic E-state index is 12.4. The van der Waals surface area contributed by atoms with Crippen LogP contribution in [0, 0.1) is 10.1 Å². The standard InChI is InChI=1S/C13H7ClN2O6S2/c14-9-3-2-8(6-10(9)16(18)19)24(20,21)15-7-1-4-11-12(5-7)23-13(17)22-11/h1-6,15H. The van der Waals surface area contributed by atoms with Crippen molar-refractivity contribution in [3.63, 3.8) is 0 Å². The van der Waals surface area contributed by atoms with Gasteiger partial charge in [-0.15, -0.1) is 0 Å². The summed E-state index contributed by atoms with van der Waals surface area (Å²) in [5, 5.41) is 10.7. The minimum absolute atomic E-state index is 0.163. The molecule has 0 bridgehead atoms. The van der Waals surface area contributed by atoms with Crippen LogP contribution in [-0.4, -0.2) is 13.3 Å². The first-order chi connectivity index (χ1) is 11.3. The highest BCUT2D eigenvalue weighted by atomic mass is 35.5. The average Bonchev–Trinajstić information content (AvgIpc) is 2.86. The number of nitro groups is 1. The molecule has 8 nitrogen and oxygen atoms in total. The fraction of sp³-hybridized carbons (Fsp3) is 0. The largest absolute Gasteiger partial charge is 0.414 e. The second-order valence-corrected chi connectivity index (χ2v) is 7.66. The van der Waals surface area contributed by atoms with Crippen molar-refractivity contribution in [2.24, 2.45) is 0 Å². The van der Waals surface area contributed by atoms with E-state index >= 15 is 0 Å². The molecule has 24 heavy (non-hydrogen) atoms. The van der Waals surface area contributed by atoms with Gasteiger partial charge in [0.25, 0.3) is 15.7 Å². The van der Waals surface area contributed by atoms with Gasteiger partial charge in [-0.05, 0) is 30.3 Å². The summed E-state index contributed by atoms with van der Waals surface area (Å²) >= 11 is 6.51. The van der Waals surface area contributed by atoms with E-state index in [1.54, 1.807) is 0 Å². The third kappa shape index (κ3) is 3.11. The van der Waals surface area contributed by atoms with Crippen LogP contribution in [0.5, 0.6) is 0 Å². The fourth-order valence-electron chi connectivity index (χ4n) is 1.95. The van der Waals surface area contributed by atoms with Crippen LogP contribution in [0.3, 0.4) is 0 Å². The summed E-state index contributed by atoms with van der Waals surface area (Å²) in [6.07, 6.45) is 0. The van der Waals surface area contributed by atoms with E-state index in [2.05, 4.69) is 4.72 Å². The van der Waals surface area contributed by atoms with Gasteiger partial charge in [-0.3, -0.25) is 14.8 Å². The fourth-order valence-corrected chi connectivity index (χ4v) is 3.91. The molecule has 0 spiro atoms. The second-order valence-electron chi connectivity index (χ2n) is 4.59. The first-order valence-electron chi connectivity index (χ1n) is 6.27. The molecule has 0 saturated heterocycles. The predicted octanol–water partition coefficient (Wildman–Crippen LogP) is 3.22. The Hall–Kier alpha value is -2.43. The molecule has 0 saturated carbocycles. The Labute approximate surface area is 143 Å². The first-order valence-corrected chi connectivity index (χ1v) is 8.94. The van der Waals surface area contributed by atoms with Gasteiger partial charge >= 0.3 is 4.94 Å². The van der Waals surface area contributed by atoms with Gasteiger partial charge in [0.2, 0.25) is 0 Å². The monoisotopic (exact) mass is 386 g/mol. The quantitative estimate of drug-likeness (QED) is 0.543. The van der Waals surface area contributed by atoms with Crippen molar-refractivity contribution in [1.82, 2.24) is 0 Å². The lowest BCUT2D eigenvalue weighted by atomic mass is 10.3. The van der Waals surface area contributed by atoms with Gasteiger partial charge in [-0.2, -0.15) is 0 Å². The first kappa shape index (κ1) is 16.4. The van der Waals surface area contributed by atoms with Crippen LogP contribution in [0.4, 0.5) is 11.4 Å². The van der Waals surface area contributed by atoms with E-state index in [0.29, 0.717) is 10.3 Å². The van der Waals surface area contributed by atoms with Gasteiger partial charge < -0.3 is 4.42 Å². The van der Waals surface area contributed by atoms with Crippen LogP contribution in [0.1, 0.15) is 0 Å². The molecule has 3 aromatic rings. The summed E-state index contributed by atoms with van der Waals surface area (Å²) in [5.74, 6) is 0. The molecule has 3 rings (SSSR count). The summed E-state index contributed by atoms with van der Waals surface area (Å²) in [4.78, 5) is 20.5. The number of hydrogen-bond acceptors (Lipinski definition) is 7. The molecule has 0 radical (unpaired) electrons. The molecule has 0 fully saturated rings. The van der Waals surface area contributed by atoms with E-state index < -0.39 is 25.6 Å². The number of fused-ring (bicyclic) bond motifs is 1. The van der Waals surface area contributed by atoms with Crippen molar-refractivity contribution in [2.45, 2.75) is 4.90 Å². The lowest BCUT2D eigenvalue weighted by molar-refractivity contribution is -0.384. The van der Waals surface area contributed by atoms with Crippen LogP contribution in [0.15, 0.2) is 50.5 Å². The summed E-state index contributed by atoms with van der Waals surface area (Å²) in [7, 11) is -4.07. The molecule has 0 aliphatic carbocycles. The molecule has 1 N–H and O–H groups in total. The number of nitrogens with zero attached hydrogens (tertiary/aromatic N) is 1. The number of hydrogen-bond donors (Lipinski definition) is 1. The van der Waals surface area contributed by atoms with E-state index in [0.717, 1.165) is 29.5 Å². The van der Waals surface area contributed by atoms with Crippen molar-refractivity contribution in [3.05, 3.63) is 61.3 Å². The number of nitrogens with one attached hydrogen (secondary N) is 1. The van der Waals surface area contributed by atoms with Gasteiger partial charge in [0.1, 0.15) is 10.6 Å². The highest BCUT2D eigenvalue weighted by molar-refractivity contribution is 7.92. The Balaban J connectivity index is 1.99. The van der Waals surface area contributed by atoms with E-state index in [-0.39, 0.29) is 15.6 Å². The van der Waals surface area contributed by atoms with Crippen molar-refractivity contribution in [3.8, 4) is 0 Å². The molecule has 11 heteroatoms. The third-order valence-electron chi connectivity index (χ3n) is 3.01. The molecule has 1 aromatic heterocycles. The maximum absolute atomic E-state index is 12.4. The zero-order valence-electron chi connectivity index (χ0n) is 11.6. The molecule has 124 valence electrons. The summed E-state index contributed by atoms with van der Waals surface area (Å²) < 4.78 is 32.4. The Morgan fingerprint density at radius 3 is 2.67 bits per heavy atom. The SMILES string of the molecule is O=c1oc2ccc(NS(=O)(=O)c3ccc(Cl)c([N+](=O)[O-])c3)cc2s1. The van der Waals surface area contributed by atoms with Gasteiger partial charge in [0.15, 0.2) is 0 Å². The predicted molar refractivity (Wildman–Crippen MR) is 89.3 cm³/mol. The number of nitro benzene ring substituents is 1. The Morgan fingerprint density at radius 2 is 1.96 bits per heavy atom. The van der Waals surface area contributed by atoms with Crippen molar-refractivity contribution in [2.75, 3.05) is 4.72 Å². The van der Waals surface area contributed by atoms with Gasteiger partial charge in [-0.25, -0.2) is 13.2 Å². The molecule has 0 aliphatic heterocycles. The van der Waals surface area contributed by atoms with E-state index in [1.165, 1.54) is 18.2 Å². The molecule has 0 aliphatic rings. The summed E-state index contributed by atoms with van der Waals surface area (Å²) in [6, 6.07) is 7.48. The van der Waals surface area contributed by atoms with Crippen LogP contribution in [0.2, 0.25) is 5.02 Å². The lowest BCUT2D eigenvalue weighted by Crippen LogP contribution is -2.13. The molecular weight excluding hydrogens is 380 g/mol. The highest BCUT2D eigenvalue weighted by Gasteiger charge is 2.21. The molecule has 2 aromatic carbocycles. The van der Waals surface area contributed by atoms with Gasteiger partial charge in [-0.1, -0.05) is 22.9 Å². The number of halogens is 1. The van der Waals surface area contributed by atoms with E-state index in [4.69, 9.17) is 16.0 Å². The number of rotatable bonds is 4.